The zero-order chi connectivity index (χ0) is 11.9. The minimum absolute atomic E-state index is 0.442. The highest BCUT2D eigenvalue weighted by molar-refractivity contribution is 5.17. The number of aliphatic hydroxyl groups is 1. The van der Waals surface area contributed by atoms with Gasteiger partial charge >= 0.3 is 0 Å². The van der Waals surface area contributed by atoms with Crippen LogP contribution >= 0.6 is 0 Å². The van der Waals surface area contributed by atoms with Gasteiger partial charge in [0, 0.05) is 0 Å². The van der Waals surface area contributed by atoms with Gasteiger partial charge in [0.15, 0.2) is 0 Å². The van der Waals surface area contributed by atoms with Crippen LogP contribution in [0, 0.1) is 23.7 Å². The Kier molecular flexibility index (Phi) is 3.18. The van der Waals surface area contributed by atoms with Crippen molar-refractivity contribution >= 4 is 0 Å². The topological polar surface area (TPSA) is 20.2 Å². The van der Waals surface area contributed by atoms with Crippen LogP contribution in [-0.4, -0.2) is 10.7 Å². The van der Waals surface area contributed by atoms with Gasteiger partial charge in [-0.3, -0.25) is 0 Å². The van der Waals surface area contributed by atoms with Crippen molar-refractivity contribution in [1.82, 2.24) is 0 Å². The lowest BCUT2D eigenvalue weighted by molar-refractivity contribution is -0.0154. The lowest BCUT2D eigenvalue weighted by Crippen LogP contribution is -2.35. The summed E-state index contributed by atoms with van der Waals surface area (Å²) in [7, 11) is 0. The van der Waals surface area contributed by atoms with Crippen LogP contribution in [0.4, 0.5) is 0 Å². The Bertz CT molecular complexity index is 288. The summed E-state index contributed by atoms with van der Waals surface area (Å²) in [6.45, 7) is 8.96. The average Bonchev–Trinajstić information content (AvgIpc) is 2.47. The molecule has 0 aromatic carbocycles. The van der Waals surface area contributed by atoms with Crippen LogP contribution in [0.25, 0.3) is 0 Å². The molecule has 1 fully saturated rings. The van der Waals surface area contributed by atoms with Gasteiger partial charge in [-0.15, -0.1) is 0 Å². The molecule has 0 saturated heterocycles. The molecule has 92 valence electrons. The molecule has 1 nitrogen and oxygen atoms in total. The number of hydrogen-bond acceptors (Lipinski definition) is 1. The molecular formula is C15H26O. The number of hydrogen-bond donors (Lipinski definition) is 1. The van der Waals surface area contributed by atoms with E-state index in [9.17, 15) is 5.11 Å². The molecule has 1 N–H and O–H groups in total. The Morgan fingerprint density at radius 1 is 1.44 bits per heavy atom. The Balaban J connectivity index is 2.21. The fourth-order valence-corrected chi connectivity index (χ4v) is 3.70. The van der Waals surface area contributed by atoms with E-state index in [0.29, 0.717) is 11.8 Å². The molecule has 0 aliphatic heterocycles. The van der Waals surface area contributed by atoms with Gasteiger partial charge in [0.05, 0.1) is 5.60 Å². The quantitative estimate of drug-likeness (QED) is 0.669. The summed E-state index contributed by atoms with van der Waals surface area (Å²) in [5.74, 6) is 2.67. The molecule has 2 aliphatic rings. The van der Waals surface area contributed by atoms with E-state index in [2.05, 4.69) is 33.8 Å². The van der Waals surface area contributed by atoms with Gasteiger partial charge in [0.25, 0.3) is 0 Å². The van der Waals surface area contributed by atoms with Crippen LogP contribution in [0.2, 0.25) is 0 Å². The van der Waals surface area contributed by atoms with Crippen LogP contribution in [0.15, 0.2) is 11.6 Å². The first-order valence-corrected chi connectivity index (χ1v) is 6.81. The summed E-state index contributed by atoms with van der Waals surface area (Å²) in [5, 5.41) is 10.6. The molecule has 0 heterocycles. The normalized spacial score (nSPS) is 44.1. The zero-order valence-electron chi connectivity index (χ0n) is 11.2. The monoisotopic (exact) mass is 222 g/mol. The number of fused-ring (bicyclic) bond motifs is 1. The van der Waals surface area contributed by atoms with Gasteiger partial charge in [-0.1, -0.05) is 25.5 Å². The van der Waals surface area contributed by atoms with Crippen molar-refractivity contribution in [3.63, 3.8) is 0 Å². The first kappa shape index (κ1) is 12.2. The van der Waals surface area contributed by atoms with Crippen molar-refractivity contribution in [3.05, 3.63) is 11.6 Å². The molecule has 0 aromatic rings. The molecule has 16 heavy (non-hydrogen) atoms. The lowest BCUT2D eigenvalue weighted by atomic mass is 9.77. The van der Waals surface area contributed by atoms with E-state index in [-0.39, 0.29) is 0 Å². The average molecular weight is 222 g/mol. The van der Waals surface area contributed by atoms with Gasteiger partial charge in [0.1, 0.15) is 0 Å². The lowest BCUT2D eigenvalue weighted by Gasteiger charge is -2.32. The van der Waals surface area contributed by atoms with Crippen molar-refractivity contribution in [2.75, 3.05) is 0 Å². The molecular weight excluding hydrogens is 196 g/mol. The van der Waals surface area contributed by atoms with E-state index < -0.39 is 5.60 Å². The minimum atomic E-state index is -0.442. The van der Waals surface area contributed by atoms with E-state index in [1.54, 1.807) is 0 Å². The van der Waals surface area contributed by atoms with Crippen molar-refractivity contribution in [3.8, 4) is 0 Å². The second kappa shape index (κ2) is 4.18. The summed E-state index contributed by atoms with van der Waals surface area (Å²) >= 11 is 0. The SMILES string of the molecule is CC1=CCC2C1CC(C(C)C)CCC2(C)O. The van der Waals surface area contributed by atoms with Crippen LogP contribution in [0.3, 0.4) is 0 Å². The first-order chi connectivity index (χ1) is 7.42. The Morgan fingerprint density at radius 2 is 2.12 bits per heavy atom. The van der Waals surface area contributed by atoms with Gasteiger partial charge in [-0.2, -0.15) is 0 Å². The van der Waals surface area contributed by atoms with Crippen LogP contribution < -0.4 is 0 Å². The van der Waals surface area contributed by atoms with E-state index in [1.165, 1.54) is 18.4 Å². The number of allylic oxidation sites excluding steroid dienone is 2. The maximum absolute atomic E-state index is 10.6. The second-order valence-corrected chi connectivity index (χ2v) is 6.53. The molecule has 0 amide bonds. The summed E-state index contributed by atoms with van der Waals surface area (Å²) < 4.78 is 0. The number of rotatable bonds is 1. The molecule has 0 radical (unpaired) electrons. The first-order valence-electron chi connectivity index (χ1n) is 6.81. The standard InChI is InChI=1S/C15H26O/c1-10(2)12-7-8-15(4,16)14-6-5-11(3)13(14)9-12/h5,10,12-14,16H,6-9H2,1-4H3. The summed E-state index contributed by atoms with van der Waals surface area (Å²) in [4.78, 5) is 0. The van der Waals surface area contributed by atoms with Gasteiger partial charge in [0.2, 0.25) is 0 Å². The molecule has 0 spiro atoms. The highest BCUT2D eigenvalue weighted by Crippen LogP contribution is 2.48. The molecule has 2 aliphatic carbocycles. The highest BCUT2D eigenvalue weighted by Gasteiger charge is 2.44. The Morgan fingerprint density at radius 3 is 2.75 bits per heavy atom. The Labute approximate surface area is 99.9 Å². The largest absolute Gasteiger partial charge is 0.390 e. The third-order valence-corrected chi connectivity index (χ3v) is 5.08. The molecule has 1 saturated carbocycles. The maximum atomic E-state index is 10.6. The van der Waals surface area contributed by atoms with Crippen LogP contribution in [-0.2, 0) is 0 Å². The predicted octanol–water partition coefficient (Wildman–Crippen LogP) is 3.78. The molecule has 4 atom stereocenters. The van der Waals surface area contributed by atoms with Crippen LogP contribution in [0.5, 0.6) is 0 Å². The minimum Gasteiger partial charge on any atom is -0.390 e. The molecule has 4 unspecified atom stereocenters. The van der Waals surface area contributed by atoms with Crippen molar-refractivity contribution < 1.29 is 5.11 Å². The summed E-state index contributed by atoms with van der Waals surface area (Å²) in [6, 6.07) is 0. The molecule has 0 aromatic heterocycles. The Hall–Kier alpha value is -0.300. The third kappa shape index (κ3) is 2.07. The van der Waals surface area contributed by atoms with Gasteiger partial charge in [-0.25, -0.2) is 0 Å². The fourth-order valence-electron chi connectivity index (χ4n) is 3.70. The third-order valence-electron chi connectivity index (χ3n) is 5.08. The maximum Gasteiger partial charge on any atom is 0.0656 e. The van der Waals surface area contributed by atoms with E-state index in [1.807, 2.05) is 0 Å². The molecule has 1 heteroatoms. The molecule has 0 bridgehead atoms. The summed E-state index contributed by atoms with van der Waals surface area (Å²) in [5.41, 5.74) is 1.08. The van der Waals surface area contributed by atoms with E-state index in [4.69, 9.17) is 0 Å². The van der Waals surface area contributed by atoms with E-state index >= 15 is 0 Å². The van der Waals surface area contributed by atoms with Gasteiger partial charge in [-0.05, 0) is 63.2 Å². The zero-order valence-corrected chi connectivity index (χ0v) is 11.2. The fraction of sp³-hybridized carbons (Fsp3) is 0.867. The van der Waals surface area contributed by atoms with E-state index in [0.717, 1.165) is 24.7 Å². The van der Waals surface area contributed by atoms with Crippen molar-refractivity contribution in [2.24, 2.45) is 23.7 Å². The smallest absolute Gasteiger partial charge is 0.0656 e. The van der Waals surface area contributed by atoms with Crippen molar-refractivity contribution in [2.45, 2.75) is 59.0 Å². The second-order valence-electron chi connectivity index (χ2n) is 6.53. The van der Waals surface area contributed by atoms with Crippen molar-refractivity contribution in [1.29, 1.82) is 0 Å². The molecule has 2 rings (SSSR count). The van der Waals surface area contributed by atoms with Crippen LogP contribution in [0.1, 0.15) is 53.4 Å². The van der Waals surface area contributed by atoms with Gasteiger partial charge < -0.3 is 5.11 Å². The summed E-state index contributed by atoms with van der Waals surface area (Å²) in [6.07, 6.45) is 6.92. The predicted molar refractivity (Wildman–Crippen MR) is 68.2 cm³/mol. The highest BCUT2D eigenvalue weighted by atomic mass is 16.3.